The zero-order valence-corrected chi connectivity index (χ0v) is 21.2. The standard InChI is InChI=1S/C26H31F6N5O2/c27-25(28,29)20-5-3-17(4-6-20)7-10-33-23(39)19-2-1-11-37(15-19)22-14-21(34-24(35-22)26(30,31)32)36-12-8-18(16-38)9-13-36/h3-6,14,18-19,38H,1-2,7-13,15-16H2,(H,33,39)/t19-/m1/s1. The van der Waals surface area contributed by atoms with Crippen molar-refractivity contribution in [3.8, 4) is 0 Å². The molecule has 2 N–H and O–H groups in total. The second-order valence-corrected chi connectivity index (χ2v) is 10.0. The second kappa shape index (κ2) is 12.0. The molecule has 3 heterocycles. The normalized spacial score (nSPS) is 19.3. The Morgan fingerprint density at radius 1 is 0.923 bits per heavy atom. The summed E-state index contributed by atoms with van der Waals surface area (Å²) in [5, 5.41) is 12.2. The number of carbonyl (C=O) groups excluding carboxylic acids is 1. The molecule has 0 spiro atoms. The van der Waals surface area contributed by atoms with E-state index < -0.39 is 29.7 Å². The topological polar surface area (TPSA) is 81.6 Å². The molecule has 7 nitrogen and oxygen atoms in total. The van der Waals surface area contributed by atoms with Crippen LogP contribution in [0.4, 0.5) is 38.0 Å². The molecule has 2 aliphatic rings. The molecule has 214 valence electrons. The number of alkyl halides is 6. The van der Waals surface area contributed by atoms with Gasteiger partial charge in [-0.25, -0.2) is 9.97 Å². The third-order valence-corrected chi connectivity index (χ3v) is 7.26. The van der Waals surface area contributed by atoms with Gasteiger partial charge < -0.3 is 20.2 Å². The van der Waals surface area contributed by atoms with Crippen LogP contribution >= 0.6 is 0 Å². The van der Waals surface area contributed by atoms with Gasteiger partial charge in [-0.15, -0.1) is 0 Å². The van der Waals surface area contributed by atoms with E-state index in [4.69, 9.17) is 0 Å². The Kier molecular flexibility index (Phi) is 8.87. The van der Waals surface area contributed by atoms with E-state index in [0.29, 0.717) is 57.3 Å². The van der Waals surface area contributed by atoms with Gasteiger partial charge in [0.2, 0.25) is 11.7 Å². The van der Waals surface area contributed by atoms with Gasteiger partial charge in [-0.05, 0) is 55.7 Å². The van der Waals surface area contributed by atoms with E-state index in [1.807, 2.05) is 0 Å². The van der Waals surface area contributed by atoms with E-state index in [1.165, 1.54) is 18.2 Å². The van der Waals surface area contributed by atoms with E-state index in [2.05, 4.69) is 15.3 Å². The van der Waals surface area contributed by atoms with Gasteiger partial charge in [0.15, 0.2) is 0 Å². The number of hydrogen-bond donors (Lipinski definition) is 2. The minimum atomic E-state index is -4.74. The van der Waals surface area contributed by atoms with Gasteiger partial charge in [0, 0.05) is 45.4 Å². The smallest absolute Gasteiger partial charge is 0.396 e. The number of nitrogens with zero attached hydrogens (tertiary/aromatic N) is 4. The van der Waals surface area contributed by atoms with E-state index >= 15 is 0 Å². The van der Waals surface area contributed by atoms with Gasteiger partial charge in [0.05, 0.1) is 11.5 Å². The molecule has 0 unspecified atom stereocenters. The Balaban J connectivity index is 1.39. The Bertz CT molecular complexity index is 1120. The lowest BCUT2D eigenvalue weighted by atomic mass is 9.97. The average molecular weight is 560 g/mol. The third-order valence-electron chi connectivity index (χ3n) is 7.26. The molecule has 1 aromatic carbocycles. The first-order chi connectivity index (χ1) is 18.4. The van der Waals surface area contributed by atoms with E-state index in [1.54, 1.807) is 9.80 Å². The van der Waals surface area contributed by atoms with Crippen LogP contribution in [0.5, 0.6) is 0 Å². The Hall–Kier alpha value is -3.09. The van der Waals surface area contributed by atoms with Crippen LogP contribution < -0.4 is 15.1 Å². The van der Waals surface area contributed by atoms with Crippen molar-refractivity contribution in [2.75, 3.05) is 49.1 Å². The summed E-state index contributed by atoms with van der Waals surface area (Å²) in [6, 6.07) is 6.26. The molecule has 39 heavy (non-hydrogen) atoms. The van der Waals surface area contributed by atoms with E-state index in [0.717, 1.165) is 12.1 Å². The number of halogens is 6. The molecule has 1 atom stereocenters. The Morgan fingerprint density at radius 2 is 1.56 bits per heavy atom. The van der Waals surface area contributed by atoms with Crippen LogP contribution in [0.15, 0.2) is 30.3 Å². The maximum Gasteiger partial charge on any atom is 0.451 e. The van der Waals surface area contributed by atoms with Crippen molar-refractivity contribution < 1.29 is 36.2 Å². The maximum atomic E-state index is 13.6. The molecule has 0 bridgehead atoms. The van der Waals surface area contributed by atoms with Crippen LogP contribution in [0.25, 0.3) is 0 Å². The van der Waals surface area contributed by atoms with Crippen molar-refractivity contribution in [1.82, 2.24) is 15.3 Å². The lowest BCUT2D eigenvalue weighted by molar-refractivity contribution is -0.145. The minimum absolute atomic E-state index is 0.0399. The van der Waals surface area contributed by atoms with Crippen molar-refractivity contribution in [1.29, 1.82) is 0 Å². The quantitative estimate of drug-likeness (QED) is 0.493. The molecule has 4 rings (SSSR count). The first-order valence-corrected chi connectivity index (χ1v) is 12.9. The largest absolute Gasteiger partial charge is 0.451 e. The molecule has 0 aliphatic carbocycles. The van der Waals surface area contributed by atoms with Crippen molar-refractivity contribution in [3.05, 3.63) is 47.3 Å². The number of benzene rings is 1. The van der Waals surface area contributed by atoms with Crippen LogP contribution in [0, 0.1) is 11.8 Å². The van der Waals surface area contributed by atoms with Crippen molar-refractivity contribution >= 4 is 17.5 Å². The van der Waals surface area contributed by atoms with Crippen molar-refractivity contribution in [3.63, 3.8) is 0 Å². The summed E-state index contributed by atoms with van der Waals surface area (Å²) in [7, 11) is 0. The van der Waals surface area contributed by atoms with Gasteiger partial charge in [-0.3, -0.25) is 4.79 Å². The number of piperidine rings is 2. The predicted molar refractivity (Wildman–Crippen MR) is 132 cm³/mol. The number of nitrogens with one attached hydrogen (secondary N) is 1. The number of carbonyl (C=O) groups is 1. The van der Waals surface area contributed by atoms with Gasteiger partial charge in [-0.2, -0.15) is 26.3 Å². The Labute approximate surface area is 222 Å². The summed E-state index contributed by atoms with van der Waals surface area (Å²) in [5.41, 5.74) is -0.0985. The number of amides is 1. The minimum Gasteiger partial charge on any atom is -0.396 e. The molecule has 1 aromatic heterocycles. The van der Waals surface area contributed by atoms with E-state index in [9.17, 15) is 36.2 Å². The van der Waals surface area contributed by atoms with Crippen LogP contribution in [0.1, 0.15) is 42.6 Å². The molecule has 0 saturated carbocycles. The highest BCUT2D eigenvalue weighted by Gasteiger charge is 2.37. The first-order valence-electron chi connectivity index (χ1n) is 12.9. The fraction of sp³-hybridized carbons (Fsp3) is 0.577. The fourth-order valence-corrected chi connectivity index (χ4v) is 4.95. The summed E-state index contributed by atoms with van der Waals surface area (Å²) in [6.45, 7) is 1.84. The van der Waals surface area contributed by atoms with Crippen LogP contribution in [0.2, 0.25) is 0 Å². The van der Waals surface area contributed by atoms with Crippen molar-refractivity contribution in [2.24, 2.45) is 11.8 Å². The molecule has 2 fully saturated rings. The highest BCUT2D eigenvalue weighted by Crippen LogP contribution is 2.33. The summed E-state index contributed by atoms with van der Waals surface area (Å²) >= 11 is 0. The van der Waals surface area contributed by atoms with E-state index in [-0.39, 0.29) is 43.2 Å². The van der Waals surface area contributed by atoms with Crippen LogP contribution in [-0.2, 0) is 23.6 Å². The summed E-state index contributed by atoms with van der Waals surface area (Å²) in [4.78, 5) is 23.8. The zero-order valence-electron chi connectivity index (χ0n) is 21.2. The Morgan fingerprint density at radius 3 is 2.15 bits per heavy atom. The molecule has 1 amide bonds. The molecular weight excluding hydrogens is 528 g/mol. The van der Waals surface area contributed by atoms with Gasteiger partial charge >= 0.3 is 12.4 Å². The molecular formula is C26H31F6N5O2. The van der Waals surface area contributed by atoms with Gasteiger partial charge in [0.1, 0.15) is 11.6 Å². The summed E-state index contributed by atoms with van der Waals surface area (Å²) < 4.78 is 79.1. The molecule has 2 saturated heterocycles. The highest BCUT2D eigenvalue weighted by atomic mass is 19.4. The highest BCUT2D eigenvalue weighted by molar-refractivity contribution is 5.79. The fourth-order valence-electron chi connectivity index (χ4n) is 4.95. The van der Waals surface area contributed by atoms with Crippen LogP contribution in [-0.4, -0.2) is 60.3 Å². The molecule has 13 heteroatoms. The van der Waals surface area contributed by atoms with Gasteiger partial charge in [0.25, 0.3) is 0 Å². The number of anilines is 2. The zero-order chi connectivity index (χ0) is 28.2. The number of rotatable bonds is 7. The average Bonchev–Trinajstić information content (AvgIpc) is 2.92. The summed E-state index contributed by atoms with van der Waals surface area (Å²) in [6.07, 6.45) is -6.37. The number of aliphatic hydroxyl groups is 1. The first kappa shape index (κ1) is 28.9. The monoisotopic (exact) mass is 559 g/mol. The number of aliphatic hydroxyl groups excluding tert-OH is 1. The lowest BCUT2D eigenvalue weighted by Crippen LogP contribution is -2.44. The van der Waals surface area contributed by atoms with Crippen molar-refractivity contribution in [2.45, 2.75) is 44.5 Å². The second-order valence-electron chi connectivity index (χ2n) is 10.0. The SMILES string of the molecule is O=C(NCCc1ccc(C(F)(F)F)cc1)[C@@H]1CCCN(c2cc(N3CCC(CO)CC3)nc(C(F)(F)F)n2)C1. The summed E-state index contributed by atoms with van der Waals surface area (Å²) in [5.74, 6) is -1.57. The third kappa shape index (κ3) is 7.52. The molecule has 2 aliphatic heterocycles. The molecule has 0 radical (unpaired) electrons. The van der Waals surface area contributed by atoms with Crippen LogP contribution in [0.3, 0.4) is 0 Å². The van der Waals surface area contributed by atoms with Gasteiger partial charge in [-0.1, -0.05) is 12.1 Å². The maximum absolute atomic E-state index is 13.6. The number of aromatic nitrogens is 2. The lowest BCUT2D eigenvalue weighted by Gasteiger charge is -2.35. The predicted octanol–water partition coefficient (Wildman–Crippen LogP) is 4.30. The molecule has 2 aromatic rings. The number of hydrogen-bond acceptors (Lipinski definition) is 6.